The van der Waals surface area contributed by atoms with E-state index in [1.807, 2.05) is 18.2 Å². The third-order valence-electron chi connectivity index (χ3n) is 5.99. The lowest BCUT2D eigenvalue weighted by atomic mass is 10.1. The summed E-state index contributed by atoms with van der Waals surface area (Å²) in [7, 11) is 0. The molecule has 8 nitrogen and oxygen atoms in total. The first-order valence-electron chi connectivity index (χ1n) is 11.6. The minimum absolute atomic E-state index is 0.0850. The number of rotatable bonds is 9. The third-order valence-corrected chi connectivity index (χ3v) is 5.99. The molecule has 1 fully saturated rings. The van der Waals surface area contributed by atoms with Gasteiger partial charge in [-0.1, -0.05) is 35.9 Å². The van der Waals surface area contributed by atoms with Crippen LogP contribution in [0, 0.1) is 6.92 Å². The second kappa shape index (κ2) is 10.3. The molecule has 0 saturated carbocycles. The van der Waals surface area contributed by atoms with E-state index in [0.717, 1.165) is 36.5 Å². The van der Waals surface area contributed by atoms with Gasteiger partial charge in [0.15, 0.2) is 17.2 Å². The Morgan fingerprint density at radius 1 is 1.09 bits per heavy atom. The molecule has 0 unspecified atom stereocenters. The van der Waals surface area contributed by atoms with Crippen LogP contribution >= 0.6 is 0 Å². The number of hydrogen-bond acceptors (Lipinski definition) is 7. The molecule has 2 aliphatic heterocycles. The van der Waals surface area contributed by atoms with Crippen molar-refractivity contribution in [2.24, 2.45) is 0 Å². The molecule has 3 heterocycles. The summed E-state index contributed by atoms with van der Waals surface area (Å²) in [6, 6.07) is 14.4. The minimum Gasteiger partial charge on any atom is -0.454 e. The number of nitrogens with one attached hydrogen (secondary N) is 1. The third kappa shape index (κ3) is 5.58. The summed E-state index contributed by atoms with van der Waals surface area (Å²) in [4.78, 5) is 19.2. The van der Waals surface area contributed by atoms with Gasteiger partial charge in [-0.2, -0.15) is 0 Å². The summed E-state index contributed by atoms with van der Waals surface area (Å²) in [5, 5.41) is 2.89. The Bertz CT molecular complexity index is 1140. The van der Waals surface area contributed by atoms with Gasteiger partial charge in [0.25, 0.3) is 5.91 Å². The summed E-state index contributed by atoms with van der Waals surface area (Å²) in [6.45, 7) is 5.41. The number of oxazole rings is 1. The van der Waals surface area contributed by atoms with E-state index in [0.29, 0.717) is 32.1 Å². The predicted octanol–water partition coefficient (Wildman–Crippen LogP) is 3.82. The van der Waals surface area contributed by atoms with E-state index in [-0.39, 0.29) is 24.5 Å². The molecule has 1 saturated heterocycles. The van der Waals surface area contributed by atoms with Crippen molar-refractivity contribution in [3.8, 4) is 11.5 Å². The summed E-state index contributed by atoms with van der Waals surface area (Å²) >= 11 is 0. The highest BCUT2D eigenvalue weighted by Gasteiger charge is 2.20. The van der Waals surface area contributed by atoms with E-state index in [9.17, 15) is 4.79 Å². The lowest BCUT2D eigenvalue weighted by molar-refractivity contribution is 0.0853. The van der Waals surface area contributed by atoms with Crippen LogP contribution in [0.5, 0.6) is 11.5 Å². The predicted molar refractivity (Wildman–Crippen MR) is 125 cm³/mol. The van der Waals surface area contributed by atoms with Crippen molar-refractivity contribution in [1.29, 1.82) is 0 Å². The number of benzene rings is 2. The normalized spacial score (nSPS) is 16.8. The summed E-state index contributed by atoms with van der Waals surface area (Å²) in [6.07, 6.45) is 3.51. The number of hydrogen-bond donors (Lipinski definition) is 1. The fraction of sp³-hybridized carbons (Fsp3) is 0.385. The quantitative estimate of drug-likeness (QED) is 0.516. The van der Waals surface area contributed by atoms with Crippen molar-refractivity contribution in [1.82, 2.24) is 15.2 Å². The van der Waals surface area contributed by atoms with Crippen LogP contribution in [-0.2, 0) is 24.4 Å². The fourth-order valence-corrected chi connectivity index (χ4v) is 4.32. The van der Waals surface area contributed by atoms with E-state index in [2.05, 4.69) is 46.4 Å². The van der Waals surface area contributed by atoms with Crippen molar-refractivity contribution in [2.45, 2.75) is 45.5 Å². The second-order valence-electron chi connectivity index (χ2n) is 8.79. The Labute approximate surface area is 198 Å². The molecule has 2 aromatic carbocycles. The van der Waals surface area contributed by atoms with Gasteiger partial charge in [-0.15, -0.1) is 0 Å². The van der Waals surface area contributed by atoms with E-state index >= 15 is 0 Å². The zero-order chi connectivity index (χ0) is 23.3. The summed E-state index contributed by atoms with van der Waals surface area (Å²) in [5.74, 6) is 1.77. The summed E-state index contributed by atoms with van der Waals surface area (Å²) in [5.41, 5.74) is 3.79. The summed E-state index contributed by atoms with van der Waals surface area (Å²) < 4.78 is 22.2. The Kier molecular flexibility index (Phi) is 6.78. The topological polar surface area (TPSA) is 86.1 Å². The molecule has 0 spiro atoms. The van der Waals surface area contributed by atoms with Crippen LogP contribution in [0.1, 0.15) is 45.9 Å². The van der Waals surface area contributed by atoms with Crippen molar-refractivity contribution in [2.75, 3.05) is 19.9 Å². The standard InChI is InChI=1S/C26H29N3O5/c1-18-4-2-5-19(10-18)13-29(14-20-7-8-23-24(11-20)34-17-33-23)15-25-28-22(16-32-25)26(30)27-12-21-6-3-9-31-21/h2,4-5,7-8,10-11,16,21H,3,6,9,12-15,17H2,1H3,(H,27,30)/t21-/m1/s1. The number of carbonyl (C=O) groups is 1. The van der Waals surface area contributed by atoms with E-state index in [1.54, 1.807) is 0 Å². The zero-order valence-corrected chi connectivity index (χ0v) is 19.3. The molecule has 1 atom stereocenters. The number of aromatic nitrogens is 1. The Morgan fingerprint density at radius 3 is 2.76 bits per heavy atom. The molecule has 5 rings (SSSR count). The van der Waals surface area contributed by atoms with Crippen LogP contribution in [0.2, 0.25) is 0 Å². The van der Waals surface area contributed by atoms with Crippen LogP contribution in [0.15, 0.2) is 53.1 Å². The van der Waals surface area contributed by atoms with Gasteiger partial charge in [0.2, 0.25) is 12.7 Å². The highest BCUT2D eigenvalue weighted by atomic mass is 16.7. The Balaban J connectivity index is 1.27. The SMILES string of the molecule is Cc1cccc(CN(Cc2ccc3c(c2)OCO3)Cc2nc(C(=O)NC[C@H]3CCCO3)co2)c1. The first-order valence-corrected chi connectivity index (χ1v) is 11.6. The van der Waals surface area contributed by atoms with Crippen LogP contribution in [0.4, 0.5) is 0 Å². The maximum atomic E-state index is 12.5. The van der Waals surface area contributed by atoms with Gasteiger partial charge < -0.3 is 23.9 Å². The molecule has 0 bridgehead atoms. The average Bonchev–Trinajstić information content (AvgIpc) is 3.59. The highest BCUT2D eigenvalue weighted by molar-refractivity contribution is 5.91. The lowest BCUT2D eigenvalue weighted by Gasteiger charge is -2.21. The van der Waals surface area contributed by atoms with Gasteiger partial charge in [0.05, 0.1) is 12.6 Å². The second-order valence-corrected chi connectivity index (χ2v) is 8.79. The maximum Gasteiger partial charge on any atom is 0.273 e. The molecule has 0 radical (unpaired) electrons. The van der Waals surface area contributed by atoms with Crippen LogP contribution in [0.3, 0.4) is 0 Å². The number of ether oxygens (including phenoxy) is 3. The average molecular weight is 464 g/mol. The molecule has 1 N–H and O–H groups in total. The van der Waals surface area contributed by atoms with Gasteiger partial charge in [0.1, 0.15) is 6.26 Å². The first kappa shape index (κ1) is 22.4. The van der Waals surface area contributed by atoms with Crippen LogP contribution in [0.25, 0.3) is 0 Å². The molecular weight excluding hydrogens is 434 g/mol. The van der Waals surface area contributed by atoms with Gasteiger partial charge in [0, 0.05) is 26.2 Å². The molecule has 2 aliphatic rings. The Hall–Kier alpha value is -3.36. The molecule has 8 heteroatoms. The fourth-order valence-electron chi connectivity index (χ4n) is 4.32. The number of nitrogens with zero attached hydrogens (tertiary/aromatic N) is 2. The number of aryl methyl sites for hydroxylation is 1. The minimum atomic E-state index is -0.244. The van der Waals surface area contributed by atoms with Crippen molar-refractivity contribution >= 4 is 5.91 Å². The van der Waals surface area contributed by atoms with Crippen molar-refractivity contribution < 1.29 is 23.4 Å². The smallest absolute Gasteiger partial charge is 0.273 e. The van der Waals surface area contributed by atoms with Crippen molar-refractivity contribution in [3.63, 3.8) is 0 Å². The van der Waals surface area contributed by atoms with Gasteiger partial charge in [-0.25, -0.2) is 4.98 Å². The number of carbonyl (C=O) groups excluding carboxylic acids is 1. The van der Waals surface area contributed by atoms with E-state index < -0.39 is 0 Å². The van der Waals surface area contributed by atoms with Crippen LogP contribution < -0.4 is 14.8 Å². The zero-order valence-electron chi connectivity index (χ0n) is 19.3. The highest BCUT2D eigenvalue weighted by Crippen LogP contribution is 2.33. The lowest BCUT2D eigenvalue weighted by Crippen LogP contribution is -2.32. The molecule has 178 valence electrons. The molecule has 1 amide bonds. The first-order chi connectivity index (χ1) is 16.6. The van der Waals surface area contributed by atoms with Crippen molar-refractivity contribution in [3.05, 3.63) is 77.0 Å². The van der Waals surface area contributed by atoms with Gasteiger partial charge in [-0.05, 0) is 43.0 Å². The largest absolute Gasteiger partial charge is 0.454 e. The molecule has 0 aliphatic carbocycles. The molecule has 34 heavy (non-hydrogen) atoms. The molecular formula is C26H29N3O5. The van der Waals surface area contributed by atoms with E-state index in [1.165, 1.54) is 17.4 Å². The van der Waals surface area contributed by atoms with Gasteiger partial charge >= 0.3 is 0 Å². The monoisotopic (exact) mass is 463 g/mol. The number of fused-ring (bicyclic) bond motifs is 1. The van der Waals surface area contributed by atoms with Crippen LogP contribution in [-0.4, -0.2) is 41.8 Å². The van der Waals surface area contributed by atoms with Gasteiger partial charge in [-0.3, -0.25) is 9.69 Å². The van der Waals surface area contributed by atoms with E-state index in [4.69, 9.17) is 18.6 Å². The maximum absolute atomic E-state index is 12.5. The molecule has 3 aromatic rings. The molecule has 1 aromatic heterocycles. The number of amides is 1. The Morgan fingerprint density at radius 2 is 1.94 bits per heavy atom.